The normalized spacial score (nSPS) is 11.0. The van der Waals surface area contributed by atoms with Crippen LogP contribution in [0.3, 0.4) is 0 Å². The molecular weight excluding hydrogens is 294 g/mol. The number of aryl methyl sites for hydroxylation is 1. The number of fused-ring (bicyclic) bond motifs is 1. The summed E-state index contributed by atoms with van der Waals surface area (Å²) in [6.07, 6.45) is 0. The second kappa shape index (κ2) is 4.06. The summed E-state index contributed by atoms with van der Waals surface area (Å²) in [6.45, 7) is 1.95. The lowest BCUT2D eigenvalue weighted by atomic mass is 10.1. The molecule has 5 nitrogen and oxygen atoms in total. The fourth-order valence-corrected chi connectivity index (χ4v) is 2.37. The minimum absolute atomic E-state index is 0.237. The third-order valence-electron chi connectivity index (χ3n) is 2.63. The Labute approximate surface area is 112 Å². The van der Waals surface area contributed by atoms with E-state index in [0.717, 1.165) is 22.3 Å². The van der Waals surface area contributed by atoms with Crippen LogP contribution in [0.15, 0.2) is 35.1 Å². The monoisotopic (exact) mass is 303 g/mol. The summed E-state index contributed by atoms with van der Waals surface area (Å²) in [4.78, 5) is 8.54. The van der Waals surface area contributed by atoms with Crippen molar-refractivity contribution in [3.63, 3.8) is 0 Å². The summed E-state index contributed by atoms with van der Waals surface area (Å²) in [5, 5.41) is 5.19. The second-order valence-corrected chi connectivity index (χ2v) is 4.66. The van der Waals surface area contributed by atoms with Crippen LogP contribution in [0.1, 0.15) is 5.69 Å². The highest BCUT2D eigenvalue weighted by atomic mass is 79.9. The van der Waals surface area contributed by atoms with Crippen molar-refractivity contribution in [1.82, 2.24) is 19.7 Å². The van der Waals surface area contributed by atoms with E-state index >= 15 is 0 Å². The molecule has 3 rings (SSSR count). The Morgan fingerprint density at radius 1 is 1.22 bits per heavy atom. The predicted octanol–water partition coefficient (Wildman–Crippen LogP) is 2.47. The highest BCUT2D eigenvalue weighted by Crippen LogP contribution is 2.24. The predicted molar refractivity (Wildman–Crippen MR) is 73.5 cm³/mol. The number of hydrogen-bond donors (Lipinski definition) is 1. The molecule has 0 saturated heterocycles. The number of benzene rings is 1. The lowest BCUT2D eigenvalue weighted by Crippen LogP contribution is -2.01. The van der Waals surface area contributed by atoms with Crippen LogP contribution in [0.5, 0.6) is 0 Å². The van der Waals surface area contributed by atoms with Crippen molar-refractivity contribution >= 4 is 32.8 Å². The minimum Gasteiger partial charge on any atom is -0.366 e. The van der Waals surface area contributed by atoms with Gasteiger partial charge in [-0.3, -0.25) is 4.98 Å². The molecule has 2 heterocycles. The van der Waals surface area contributed by atoms with Crippen molar-refractivity contribution in [2.24, 2.45) is 0 Å². The molecule has 6 heteroatoms. The molecule has 90 valence electrons. The molecule has 0 fully saturated rings. The van der Waals surface area contributed by atoms with E-state index in [-0.39, 0.29) is 5.95 Å². The van der Waals surface area contributed by atoms with E-state index in [9.17, 15) is 0 Å². The van der Waals surface area contributed by atoms with Crippen LogP contribution in [-0.2, 0) is 0 Å². The largest absolute Gasteiger partial charge is 0.366 e. The number of para-hydroxylation sites is 1. The van der Waals surface area contributed by atoms with Crippen molar-refractivity contribution in [1.29, 1.82) is 0 Å². The molecule has 0 atom stereocenters. The second-order valence-electron chi connectivity index (χ2n) is 3.95. The summed E-state index contributed by atoms with van der Waals surface area (Å²) in [6, 6.07) is 9.86. The van der Waals surface area contributed by atoms with E-state index in [1.807, 2.05) is 37.3 Å². The Balaban J connectivity index is 2.38. The number of pyridine rings is 1. The number of aromatic nitrogens is 4. The van der Waals surface area contributed by atoms with Crippen molar-refractivity contribution < 1.29 is 0 Å². The molecule has 0 bridgehead atoms. The topological polar surface area (TPSA) is 69.6 Å². The quantitative estimate of drug-likeness (QED) is 0.750. The number of nitrogens with two attached hydrogens (primary N) is 1. The van der Waals surface area contributed by atoms with Gasteiger partial charge in [0.1, 0.15) is 0 Å². The zero-order chi connectivity index (χ0) is 12.7. The van der Waals surface area contributed by atoms with E-state index in [1.165, 1.54) is 0 Å². The molecule has 0 aliphatic carbocycles. The van der Waals surface area contributed by atoms with E-state index in [1.54, 1.807) is 4.68 Å². The first kappa shape index (κ1) is 11.2. The molecule has 0 saturated carbocycles. The number of hydrogen-bond acceptors (Lipinski definition) is 4. The first-order valence-electron chi connectivity index (χ1n) is 5.40. The van der Waals surface area contributed by atoms with Crippen molar-refractivity contribution in [3.05, 3.63) is 40.8 Å². The first-order chi connectivity index (χ1) is 8.65. The minimum atomic E-state index is 0.237. The first-order valence-corrected chi connectivity index (χ1v) is 6.19. The maximum absolute atomic E-state index is 5.61. The summed E-state index contributed by atoms with van der Waals surface area (Å²) in [5.74, 6) is 0.237. The summed E-state index contributed by atoms with van der Waals surface area (Å²) in [5.41, 5.74) is 8.37. The van der Waals surface area contributed by atoms with Gasteiger partial charge in [0.2, 0.25) is 10.7 Å². The van der Waals surface area contributed by atoms with Gasteiger partial charge in [0.05, 0.1) is 11.2 Å². The number of nitrogens with zero attached hydrogens (tertiary/aromatic N) is 4. The molecular formula is C12H10BrN5. The van der Waals surface area contributed by atoms with Crippen LogP contribution in [0.25, 0.3) is 16.6 Å². The van der Waals surface area contributed by atoms with Gasteiger partial charge in [0.25, 0.3) is 0 Å². The zero-order valence-electron chi connectivity index (χ0n) is 9.63. The molecule has 0 spiro atoms. The zero-order valence-corrected chi connectivity index (χ0v) is 11.2. The van der Waals surface area contributed by atoms with Gasteiger partial charge in [-0.15, -0.1) is 5.10 Å². The van der Waals surface area contributed by atoms with Crippen molar-refractivity contribution in [2.75, 3.05) is 5.73 Å². The average Bonchev–Trinajstić information content (AvgIpc) is 2.67. The fraction of sp³-hybridized carbons (Fsp3) is 0.0833. The molecule has 1 aromatic carbocycles. The lowest BCUT2D eigenvalue weighted by Gasteiger charge is -2.07. The third kappa shape index (κ3) is 1.74. The molecule has 0 amide bonds. The van der Waals surface area contributed by atoms with E-state index in [0.29, 0.717) is 4.73 Å². The van der Waals surface area contributed by atoms with E-state index in [2.05, 4.69) is 31.0 Å². The lowest BCUT2D eigenvalue weighted by molar-refractivity contribution is 0.863. The van der Waals surface area contributed by atoms with Crippen LogP contribution >= 0.6 is 15.9 Å². The molecule has 18 heavy (non-hydrogen) atoms. The Hall–Kier alpha value is -1.95. The van der Waals surface area contributed by atoms with Crippen LogP contribution in [0.4, 0.5) is 5.95 Å². The molecule has 0 unspecified atom stereocenters. The average molecular weight is 304 g/mol. The highest BCUT2D eigenvalue weighted by Gasteiger charge is 2.11. The standard InChI is InChI=1S/C12H10BrN5/c1-7-6-10(18-11(13)16-12(14)17-18)8-4-2-3-5-9(8)15-7/h2-6H,1H3,(H2,14,17). The fourth-order valence-electron chi connectivity index (χ4n) is 1.92. The Morgan fingerprint density at radius 3 is 2.72 bits per heavy atom. The van der Waals surface area contributed by atoms with Crippen LogP contribution in [0.2, 0.25) is 0 Å². The molecule has 0 aliphatic rings. The highest BCUT2D eigenvalue weighted by molar-refractivity contribution is 9.10. The van der Waals surface area contributed by atoms with Crippen molar-refractivity contribution in [2.45, 2.75) is 6.92 Å². The van der Waals surface area contributed by atoms with Crippen LogP contribution < -0.4 is 5.73 Å². The number of rotatable bonds is 1. The van der Waals surface area contributed by atoms with Gasteiger partial charge in [-0.05, 0) is 35.0 Å². The maximum Gasteiger partial charge on any atom is 0.240 e. The molecule has 3 aromatic rings. The van der Waals surface area contributed by atoms with Crippen LogP contribution in [0, 0.1) is 6.92 Å². The van der Waals surface area contributed by atoms with Crippen LogP contribution in [-0.4, -0.2) is 19.7 Å². The van der Waals surface area contributed by atoms with Gasteiger partial charge in [-0.25, -0.2) is 4.68 Å². The maximum atomic E-state index is 5.61. The van der Waals surface area contributed by atoms with Gasteiger partial charge < -0.3 is 5.73 Å². The SMILES string of the molecule is Cc1cc(-n2nc(N)nc2Br)c2ccccc2n1. The molecule has 0 radical (unpaired) electrons. The number of halogens is 1. The van der Waals surface area contributed by atoms with E-state index < -0.39 is 0 Å². The number of anilines is 1. The summed E-state index contributed by atoms with van der Waals surface area (Å²) >= 11 is 3.35. The number of nitrogen functional groups attached to an aromatic ring is 1. The Morgan fingerprint density at radius 2 is 2.00 bits per heavy atom. The molecule has 2 N–H and O–H groups in total. The Kier molecular flexibility index (Phi) is 2.52. The summed E-state index contributed by atoms with van der Waals surface area (Å²) in [7, 11) is 0. The van der Waals surface area contributed by atoms with Gasteiger partial charge >= 0.3 is 0 Å². The van der Waals surface area contributed by atoms with Crippen molar-refractivity contribution in [3.8, 4) is 5.69 Å². The van der Waals surface area contributed by atoms with Gasteiger partial charge in [0, 0.05) is 11.1 Å². The third-order valence-corrected chi connectivity index (χ3v) is 3.15. The van der Waals surface area contributed by atoms with Gasteiger partial charge in [-0.1, -0.05) is 18.2 Å². The molecule has 0 aliphatic heterocycles. The molecule has 2 aromatic heterocycles. The van der Waals surface area contributed by atoms with E-state index in [4.69, 9.17) is 5.73 Å². The smallest absolute Gasteiger partial charge is 0.240 e. The summed E-state index contributed by atoms with van der Waals surface area (Å²) < 4.78 is 2.25. The Bertz CT molecular complexity index is 734. The van der Waals surface area contributed by atoms with Gasteiger partial charge in [-0.2, -0.15) is 4.98 Å². The van der Waals surface area contributed by atoms with Gasteiger partial charge in [0.15, 0.2) is 0 Å².